The molecule has 0 spiro atoms. The lowest BCUT2D eigenvalue weighted by Gasteiger charge is -2.27. The van der Waals surface area contributed by atoms with E-state index < -0.39 is 60.3 Å². The summed E-state index contributed by atoms with van der Waals surface area (Å²) in [6.07, 6.45) is -5.20. The van der Waals surface area contributed by atoms with Gasteiger partial charge < -0.3 is 25.8 Å². The first kappa shape index (κ1) is 30.6. The highest BCUT2D eigenvalue weighted by Gasteiger charge is 2.45. The predicted octanol–water partition coefficient (Wildman–Crippen LogP) is 2.57. The number of hydrogen-bond donors (Lipinski definition) is 4. The molecule has 3 unspecified atom stereocenters. The van der Waals surface area contributed by atoms with Crippen LogP contribution in [0.15, 0.2) is 48.5 Å². The van der Waals surface area contributed by atoms with E-state index in [9.17, 15) is 37.5 Å². The Morgan fingerprint density at radius 1 is 0.974 bits per heavy atom. The minimum absolute atomic E-state index is 0.0960. The Kier molecular flexibility index (Phi) is 10.7. The number of aliphatic hydroxyl groups excluding tert-OH is 1. The van der Waals surface area contributed by atoms with E-state index in [2.05, 4.69) is 16.0 Å². The Balaban J connectivity index is 2.32. The number of aliphatic hydroxyl groups is 1. The number of carbonyl (C=O) groups is 4. The molecule has 206 valence electrons. The normalized spacial score (nSPS) is 13.7. The zero-order valence-electron chi connectivity index (χ0n) is 20.6. The van der Waals surface area contributed by atoms with E-state index in [1.165, 1.54) is 69.5 Å². The summed E-state index contributed by atoms with van der Waals surface area (Å²) in [6.45, 7) is 1.78. The molecule has 0 aromatic heterocycles. The number of benzene rings is 2. The van der Waals surface area contributed by atoms with Crippen LogP contribution in [0.1, 0.15) is 35.8 Å². The van der Waals surface area contributed by atoms with Crippen molar-refractivity contribution < 1.29 is 42.2 Å². The van der Waals surface area contributed by atoms with Gasteiger partial charge in [0.25, 0.3) is 11.7 Å². The molecule has 0 radical (unpaired) electrons. The van der Waals surface area contributed by atoms with Crippen LogP contribution in [0.25, 0.3) is 0 Å². The van der Waals surface area contributed by atoms with Crippen LogP contribution in [0.5, 0.6) is 5.75 Å². The van der Waals surface area contributed by atoms with Gasteiger partial charge >= 0.3 is 6.18 Å². The fourth-order valence-electron chi connectivity index (χ4n) is 3.35. The minimum Gasteiger partial charge on any atom is -0.497 e. The van der Waals surface area contributed by atoms with Crippen LogP contribution >= 0.6 is 11.6 Å². The van der Waals surface area contributed by atoms with E-state index >= 15 is 0 Å². The number of amides is 3. The van der Waals surface area contributed by atoms with Gasteiger partial charge in [-0.3, -0.25) is 19.2 Å². The maximum atomic E-state index is 13.1. The van der Waals surface area contributed by atoms with Gasteiger partial charge in [0.2, 0.25) is 11.8 Å². The molecule has 0 saturated heterocycles. The number of methoxy groups -OCH3 is 1. The lowest BCUT2D eigenvalue weighted by atomic mass is 9.97. The molecule has 13 heteroatoms. The molecule has 0 fully saturated rings. The van der Waals surface area contributed by atoms with E-state index in [1.54, 1.807) is 0 Å². The molecule has 0 heterocycles. The first-order valence-corrected chi connectivity index (χ1v) is 11.7. The van der Waals surface area contributed by atoms with Gasteiger partial charge in [-0.25, -0.2) is 0 Å². The molecule has 0 saturated carbocycles. The van der Waals surface area contributed by atoms with E-state index in [0.29, 0.717) is 5.75 Å². The fraction of sp³-hybridized carbons (Fsp3) is 0.360. The van der Waals surface area contributed by atoms with Crippen molar-refractivity contribution in [2.75, 3.05) is 13.7 Å². The van der Waals surface area contributed by atoms with E-state index in [-0.39, 0.29) is 16.1 Å². The number of halogens is 4. The summed E-state index contributed by atoms with van der Waals surface area (Å²) in [7, 11) is 1.39. The Bertz CT molecular complexity index is 1160. The molecule has 2 rings (SSSR count). The number of carbonyl (C=O) groups excluding carboxylic acids is 4. The highest BCUT2D eigenvalue weighted by molar-refractivity contribution is 6.31. The molecule has 3 amide bonds. The lowest BCUT2D eigenvalue weighted by Crippen LogP contribution is -2.55. The SMILES string of the molecule is COc1ccc(C(NC(=O)C(CO)NC(=O)c2cccc(Cl)c2)C(=O)NC(C(=O)C(F)(F)F)C(C)C)cc1. The van der Waals surface area contributed by atoms with Crippen LogP contribution in [0.4, 0.5) is 13.2 Å². The quantitative estimate of drug-likeness (QED) is 0.336. The fourth-order valence-corrected chi connectivity index (χ4v) is 3.54. The van der Waals surface area contributed by atoms with Gasteiger partial charge in [-0.15, -0.1) is 0 Å². The molecule has 2 aromatic carbocycles. The van der Waals surface area contributed by atoms with Crippen molar-refractivity contribution in [3.05, 3.63) is 64.7 Å². The number of Topliss-reactive ketones (excluding diaryl/α,β-unsaturated/α-hetero) is 1. The smallest absolute Gasteiger partial charge is 0.452 e. The Morgan fingerprint density at radius 2 is 1.61 bits per heavy atom. The number of ketones is 1. The second-order valence-electron chi connectivity index (χ2n) is 8.53. The summed E-state index contributed by atoms with van der Waals surface area (Å²) >= 11 is 5.87. The number of rotatable bonds is 11. The van der Waals surface area contributed by atoms with Gasteiger partial charge in [0, 0.05) is 10.6 Å². The van der Waals surface area contributed by atoms with Gasteiger partial charge in [0.1, 0.15) is 17.8 Å². The monoisotopic (exact) mass is 557 g/mol. The van der Waals surface area contributed by atoms with E-state index in [1.807, 2.05) is 0 Å². The topological polar surface area (TPSA) is 134 Å². The third kappa shape index (κ3) is 8.18. The van der Waals surface area contributed by atoms with Gasteiger partial charge in [-0.2, -0.15) is 13.2 Å². The zero-order chi connectivity index (χ0) is 28.6. The van der Waals surface area contributed by atoms with Crippen molar-refractivity contribution in [2.45, 2.75) is 38.1 Å². The average Bonchev–Trinajstić information content (AvgIpc) is 2.87. The highest BCUT2D eigenvalue weighted by Crippen LogP contribution is 2.23. The first-order valence-electron chi connectivity index (χ1n) is 11.3. The van der Waals surface area contributed by atoms with Crippen molar-refractivity contribution in [3.8, 4) is 5.75 Å². The number of alkyl halides is 3. The van der Waals surface area contributed by atoms with Crippen LogP contribution in [-0.4, -0.2) is 60.6 Å². The molecule has 9 nitrogen and oxygen atoms in total. The summed E-state index contributed by atoms with van der Waals surface area (Å²) < 4.78 is 44.4. The van der Waals surface area contributed by atoms with Gasteiger partial charge in [-0.05, 0) is 41.8 Å². The Labute approximate surface area is 221 Å². The average molecular weight is 558 g/mol. The predicted molar refractivity (Wildman–Crippen MR) is 132 cm³/mol. The molecule has 0 bridgehead atoms. The van der Waals surface area contributed by atoms with Crippen LogP contribution < -0.4 is 20.7 Å². The van der Waals surface area contributed by atoms with E-state index in [4.69, 9.17) is 16.3 Å². The van der Waals surface area contributed by atoms with Crippen molar-refractivity contribution in [3.63, 3.8) is 0 Å². The number of ether oxygens (including phenoxy) is 1. The molecule has 0 aliphatic rings. The summed E-state index contributed by atoms with van der Waals surface area (Å²) in [5.74, 6) is -5.55. The number of nitrogens with one attached hydrogen (secondary N) is 3. The lowest BCUT2D eigenvalue weighted by molar-refractivity contribution is -0.175. The summed E-state index contributed by atoms with van der Waals surface area (Å²) in [4.78, 5) is 50.5. The highest BCUT2D eigenvalue weighted by atomic mass is 35.5. The van der Waals surface area contributed by atoms with Crippen LogP contribution in [0.2, 0.25) is 5.02 Å². The second kappa shape index (κ2) is 13.2. The van der Waals surface area contributed by atoms with Gasteiger partial charge in [-0.1, -0.05) is 43.6 Å². The first-order chi connectivity index (χ1) is 17.8. The van der Waals surface area contributed by atoms with Crippen molar-refractivity contribution in [1.82, 2.24) is 16.0 Å². The Morgan fingerprint density at radius 3 is 2.11 bits per heavy atom. The van der Waals surface area contributed by atoms with Crippen LogP contribution in [0, 0.1) is 5.92 Å². The molecule has 3 atom stereocenters. The van der Waals surface area contributed by atoms with Crippen LogP contribution in [-0.2, 0) is 14.4 Å². The summed E-state index contributed by atoms with van der Waals surface area (Å²) in [6, 6.07) is 6.42. The van der Waals surface area contributed by atoms with Crippen molar-refractivity contribution in [1.29, 1.82) is 0 Å². The summed E-state index contributed by atoms with van der Waals surface area (Å²) in [5.41, 5.74) is 0.232. The molecule has 38 heavy (non-hydrogen) atoms. The van der Waals surface area contributed by atoms with Crippen molar-refractivity contribution >= 4 is 35.1 Å². The van der Waals surface area contributed by atoms with E-state index in [0.717, 1.165) is 0 Å². The largest absolute Gasteiger partial charge is 0.497 e. The molecule has 4 N–H and O–H groups in total. The molecule has 0 aliphatic heterocycles. The maximum Gasteiger partial charge on any atom is 0.452 e. The Hall–Kier alpha value is -3.64. The van der Waals surface area contributed by atoms with Crippen molar-refractivity contribution in [2.24, 2.45) is 5.92 Å². The molecule has 2 aromatic rings. The minimum atomic E-state index is -5.20. The third-order valence-corrected chi connectivity index (χ3v) is 5.65. The molecular formula is C25H27ClF3N3O6. The zero-order valence-corrected chi connectivity index (χ0v) is 21.4. The van der Waals surface area contributed by atoms with Gasteiger partial charge in [0.05, 0.1) is 19.8 Å². The molecule has 0 aliphatic carbocycles. The van der Waals surface area contributed by atoms with Crippen LogP contribution in [0.3, 0.4) is 0 Å². The summed E-state index contributed by atoms with van der Waals surface area (Å²) in [5, 5.41) is 16.7. The third-order valence-electron chi connectivity index (χ3n) is 5.42. The number of hydrogen-bond acceptors (Lipinski definition) is 6. The standard InChI is InChI=1S/C25H27ClF3N3O6/c1-13(2)19(21(34)25(27,28)29)31-24(37)20(14-7-9-17(38-3)10-8-14)32-23(36)18(12-33)30-22(35)15-5-4-6-16(26)11-15/h4-11,13,18-20,33H,12H2,1-3H3,(H,30,35)(H,31,37)(H,32,36). The maximum absolute atomic E-state index is 13.1. The second-order valence-corrected chi connectivity index (χ2v) is 8.96. The van der Waals surface area contributed by atoms with Gasteiger partial charge in [0.15, 0.2) is 0 Å². The molecular weight excluding hydrogens is 531 g/mol.